The van der Waals surface area contributed by atoms with Gasteiger partial charge in [-0.05, 0) is 56.7 Å². The number of benzene rings is 2. The number of carbonyl (C=O) groups is 1. The predicted octanol–water partition coefficient (Wildman–Crippen LogP) is 6.88. The van der Waals surface area contributed by atoms with Gasteiger partial charge in [-0.3, -0.25) is 0 Å². The van der Waals surface area contributed by atoms with E-state index in [1.54, 1.807) is 6.07 Å². The summed E-state index contributed by atoms with van der Waals surface area (Å²) in [6.07, 6.45) is 12.0. The van der Waals surface area contributed by atoms with E-state index in [4.69, 9.17) is 32.3 Å². The second kappa shape index (κ2) is 9.67. The molecule has 39 heavy (non-hydrogen) atoms. The van der Waals surface area contributed by atoms with E-state index in [0.29, 0.717) is 40.7 Å². The van der Waals surface area contributed by atoms with Gasteiger partial charge in [-0.2, -0.15) is 0 Å². The van der Waals surface area contributed by atoms with E-state index < -0.39 is 5.97 Å². The van der Waals surface area contributed by atoms with Crippen molar-refractivity contribution in [2.75, 3.05) is 4.90 Å². The highest BCUT2D eigenvalue weighted by Gasteiger charge is 2.43. The summed E-state index contributed by atoms with van der Waals surface area (Å²) in [5.41, 5.74) is 4.08. The second-order valence-electron chi connectivity index (χ2n) is 10.6. The van der Waals surface area contributed by atoms with Crippen LogP contribution in [0.3, 0.4) is 0 Å². The van der Waals surface area contributed by atoms with Gasteiger partial charge < -0.3 is 19.3 Å². The number of thiazole rings is 1. The summed E-state index contributed by atoms with van der Waals surface area (Å²) in [4.78, 5) is 18.9. The summed E-state index contributed by atoms with van der Waals surface area (Å²) in [5.74, 6) is 2.98. The number of fused-ring (bicyclic) bond motifs is 3. The van der Waals surface area contributed by atoms with Gasteiger partial charge in [0.2, 0.25) is 0 Å². The Morgan fingerprint density at radius 1 is 1.21 bits per heavy atom. The third kappa shape index (κ3) is 4.39. The molecular formula is C30H26ClN3O4S. The smallest absolute Gasteiger partial charge is 0.335 e. The number of aromatic nitrogens is 2. The van der Waals surface area contributed by atoms with Crippen molar-refractivity contribution in [1.82, 2.24) is 10.1 Å². The van der Waals surface area contributed by atoms with Crippen molar-refractivity contribution in [1.29, 1.82) is 0 Å². The summed E-state index contributed by atoms with van der Waals surface area (Å²) >= 11 is 8.02. The third-order valence-corrected chi connectivity index (χ3v) is 9.50. The quantitative estimate of drug-likeness (QED) is 0.247. The van der Waals surface area contributed by atoms with Gasteiger partial charge in [0.1, 0.15) is 11.5 Å². The number of rotatable bonds is 7. The van der Waals surface area contributed by atoms with Crippen LogP contribution in [-0.4, -0.2) is 39.4 Å². The minimum absolute atomic E-state index is 0.119. The Morgan fingerprint density at radius 2 is 1.97 bits per heavy atom. The largest absolute Gasteiger partial charge is 0.478 e. The molecule has 1 aliphatic carbocycles. The lowest BCUT2D eigenvalue weighted by Crippen LogP contribution is -2.45. The number of hydrogen-bond donors (Lipinski definition) is 1. The molecule has 7 rings (SSSR count). The lowest BCUT2D eigenvalue weighted by Gasteiger charge is -2.38. The fourth-order valence-electron chi connectivity index (χ4n) is 6.13. The molecule has 4 aromatic rings. The maximum absolute atomic E-state index is 11.6. The fourth-order valence-corrected chi connectivity index (χ4v) is 7.53. The zero-order valence-electron chi connectivity index (χ0n) is 21.1. The van der Waals surface area contributed by atoms with Crippen LogP contribution < -0.4 is 4.90 Å². The molecule has 2 aromatic carbocycles. The van der Waals surface area contributed by atoms with Crippen molar-refractivity contribution < 1.29 is 19.2 Å². The molecule has 1 N–H and O–H groups in total. The summed E-state index contributed by atoms with van der Waals surface area (Å²) in [6.45, 7) is 0.449. The first kappa shape index (κ1) is 24.6. The van der Waals surface area contributed by atoms with Crippen molar-refractivity contribution in [2.45, 2.75) is 69.2 Å². The molecule has 0 spiro atoms. The molecule has 3 atom stereocenters. The van der Waals surface area contributed by atoms with Gasteiger partial charge in [-0.1, -0.05) is 52.2 Å². The molecule has 9 heteroatoms. The number of carboxylic acid groups (broad SMARTS) is 1. The standard InChI is InChI=1S/C30H26ClN3O4S/c1-2-16-11-18(29(35)36)12-25-26(16)32-30(39-25)34-19-9-10-20(34)14-21(13-19)37-15-23-27(22-5-3-4-6-24(22)31)33-38-28(23)17-7-8-17/h1,3-6,11-12,17,19-21H,7-10,13-15H2,(H,35,36)/t19-,20+,21?. The second-order valence-corrected chi connectivity index (χ2v) is 12.1. The summed E-state index contributed by atoms with van der Waals surface area (Å²) in [5, 5.41) is 15.5. The average Bonchev–Trinajstić information content (AvgIpc) is 3.45. The Bertz CT molecular complexity index is 1620. The SMILES string of the molecule is C#Cc1cc(C(=O)O)cc2sc(N3[C@@H]4CC[C@H]3CC(OCc3c(-c5ccccc5Cl)noc3C3CC3)C4)nc12. The van der Waals surface area contributed by atoms with Crippen LogP contribution in [0.15, 0.2) is 40.9 Å². The number of terminal acetylenes is 1. The number of nitrogens with zero attached hydrogens (tertiary/aromatic N) is 3. The van der Waals surface area contributed by atoms with Crippen LogP contribution in [0.2, 0.25) is 5.02 Å². The predicted molar refractivity (Wildman–Crippen MR) is 151 cm³/mol. The van der Waals surface area contributed by atoms with E-state index in [1.807, 2.05) is 24.3 Å². The topological polar surface area (TPSA) is 88.7 Å². The van der Waals surface area contributed by atoms with Gasteiger partial charge in [-0.15, -0.1) is 6.42 Å². The highest BCUT2D eigenvalue weighted by Crippen LogP contribution is 2.46. The molecule has 0 radical (unpaired) electrons. The summed E-state index contributed by atoms with van der Waals surface area (Å²) in [7, 11) is 0. The zero-order valence-corrected chi connectivity index (χ0v) is 22.7. The van der Waals surface area contributed by atoms with E-state index >= 15 is 0 Å². The van der Waals surface area contributed by atoms with Crippen LogP contribution in [0, 0.1) is 12.3 Å². The Kier molecular flexibility index (Phi) is 6.11. The van der Waals surface area contributed by atoms with Gasteiger partial charge in [0.05, 0.1) is 39.1 Å². The normalized spacial score (nSPS) is 22.4. The monoisotopic (exact) mass is 559 g/mol. The first-order valence-corrected chi connectivity index (χ1v) is 14.5. The number of halogens is 1. The molecule has 3 fully saturated rings. The van der Waals surface area contributed by atoms with E-state index in [1.165, 1.54) is 17.4 Å². The number of anilines is 1. The Morgan fingerprint density at radius 3 is 2.67 bits per heavy atom. The fraction of sp³-hybridized carbons (Fsp3) is 0.367. The Hall–Kier alpha value is -3.38. The summed E-state index contributed by atoms with van der Waals surface area (Å²) in [6, 6.07) is 11.6. The molecule has 4 heterocycles. The van der Waals surface area contributed by atoms with Crippen LogP contribution in [0.25, 0.3) is 21.5 Å². The van der Waals surface area contributed by atoms with Crippen LogP contribution in [0.5, 0.6) is 0 Å². The van der Waals surface area contributed by atoms with Gasteiger partial charge >= 0.3 is 5.97 Å². The van der Waals surface area contributed by atoms with Crippen LogP contribution in [0.1, 0.15) is 71.7 Å². The van der Waals surface area contributed by atoms with Crippen molar-refractivity contribution in [3.63, 3.8) is 0 Å². The zero-order chi connectivity index (χ0) is 26.7. The van der Waals surface area contributed by atoms with Gasteiger partial charge in [0.25, 0.3) is 0 Å². The highest BCUT2D eigenvalue weighted by atomic mass is 35.5. The van der Waals surface area contributed by atoms with Crippen molar-refractivity contribution in [3.05, 3.63) is 63.9 Å². The maximum atomic E-state index is 11.6. The summed E-state index contributed by atoms with van der Waals surface area (Å²) < 4.78 is 13.2. The van der Waals surface area contributed by atoms with Gasteiger partial charge in [-0.25, -0.2) is 9.78 Å². The number of aromatic carboxylic acids is 1. The van der Waals surface area contributed by atoms with E-state index in [2.05, 4.69) is 16.0 Å². The third-order valence-electron chi connectivity index (χ3n) is 8.16. The first-order valence-electron chi connectivity index (χ1n) is 13.3. The molecule has 0 amide bonds. The van der Waals surface area contributed by atoms with Crippen LogP contribution in [-0.2, 0) is 11.3 Å². The molecular weight excluding hydrogens is 534 g/mol. The van der Waals surface area contributed by atoms with Crippen LogP contribution in [0.4, 0.5) is 5.13 Å². The van der Waals surface area contributed by atoms with Crippen molar-refractivity contribution in [3.8, 4) is 23.6 Å². The number of carboxylic acids is 1. The van der Waals surface area contributed by atoms with Crippen molar-refractivity contribution in [2.24, 2.45) is 0 Å². The maximum Gasteiger partial charge on any atom is 0.335 e. The Balaban J connectivity index is 1.11. The minimum atomic E-state index is -0.989. The number of ether oxygens (including phenoxy) is 1. The molecule has 1 saturated carbocycles. The van der Waals surface area contributed by atoms with Gasteiger partial charge in [0.15, 0.2) is 5.13 Å². The minimum Gasteiger partial charge on any atom is -0.478 e. The van der Waals surface area contributed by atoms with E-state index in [9.17, 15) is 9.90 Å². The first-order chi connectivity index (χ1) is 19.0. The molecule has 2 saturated heterocycles. The molecule has 2 aliphatic heterocycles. The molecule has 1 unspecified atom stereocenters. The lowest BCUT2D eigenvalue weighted by atomic mass is 10.00. The average molecular weight is 560 g/mol. The molecule has 3 aliphatic rings. The van der Waals surface area contributed by atoms with Gasteiger partial charge in [0, 0.05) is 29.1 Å². The van der Waals surface area contributed by atoms with E-state index in [0.717, 1.165) is 70.9 Å². The molecule has 7 nitrogen and oxygen atoms in total. The molecule has 2 aromatic heterocycles. The molecule has 2 bridgehead atoms. The van der Waals surface area contributed by atoms with E-state index in [-0.39, 0.29) is 11.7 Å². The highest BCUT2D eigenvalue weighted by molar-refractivity contribution is 7.22. The molecule has 198 valence electrons. The number of hydrogen-bond acceptors (Lipinski definition) is 7. The van der Waals surface area contributed by atoms with Crippen molar-refractivity contribution >= 4 is 44.3 Å². The Labute approximate surface area is 234 Å². The number of piperidine rings is 1. The lowest BCUT2D eigenvalue weighted by molar-refractivity contribution is 0.0147. The van der Waals surface area contributed by atoms with Crippen LogP contribution >= 0.6 is 22.9 Å².